The summed E-state index contributed by atoms with van der Waals surface area (Å²) in [6.45, 7) is 1.87. The predicted octanol–water partition coefficient (Wildman–Crippen LogP) is 3.63. The first-order valence-electron chi connectivity index (χ1n) is 6.89. The number of fused-ring (bicyclic) bond motifs is 1. The van der Waals surface area contributed by atoms with Crippen molar-refractivity contribution in [2.75, 3.05) is 14.2 Å². The molecule has 0 aliphatic carbocycles. The molecular weight excluding hydrogens is 280 g/mol. The minimum Gasteiger partial charge on any atom is -0.497 e. The molecule has 3 rings (SSSR count). The fourth-order valence-electron chi connectivity index (χ4n) is 2.45. The van der Waals surface area contributed by atoms with Gasteiger partial charge in [-0.2, -0.15) is 0 Å². The van der Waals surface area contributed by atoms with Gasteiger partial charge < -0.3 is 14.2 Å². The number of benzene rings is 2. The van der Waals surface area contributed by atoms with Crippen LogP contribution in [0.1, 0.15) is 21.5 Å². The van der Waals surface area contributed by atoms with Crippen molar-refractivity contribution in [2.24, 2.45) is 0 Å². The third-order valence-corrected chi connectivity index (χ3v) is 3.59. The minimum atomic E-state index is -0.106. The Morgan fingerprint density at radius 2 is 1.68 bits per heavy atom. The summed E-state index contributed by atoms with van der Waals surface area (Å²) in [6, 6.07) is 11.0. The lowest BCUT2D eigenvalue weighted by atomic mass is 10.0. The van der Waals surface area contributed by atoms with Crippen LogP contribution in [-0.2, 0) is 0 Å². The normalized spacial score (nSPS) is 14.7. The number of rotatable bonds is 3. The lowest BCUT2D eigenvalue weighted by Gasteiger charge is -2.04. The summed E-state index contributed by atoms with van der Waals surface area (Å²) in [4.78, 5) is 12.5. The molecule has 1 aliphatic rings. The molecule has 0 aromatic heterocycles. The molecule has 0 unspecified atom stereocenters. The van der Waals surface area contributed by atoms with Crippen molar-refractivity contribution >= 4 is 11.9 Å². The van der Waals surface area contributed by atoms with Crippen molar-refractivity contribution in [3.05, 3.63) is 58.8 Å². The number of ketones is 1. The van der Waals surface area contributed by atoms with Gasteiger partial charge in [0.15, 0.2) is 5.76 Å². The molecule has 22 heavy (non-hydrogen) atoms. The van der Waals surface area contributed by atoms with E-state index in [9.17, 15) is 4.79 Å². The topological polar surface area (TPSA) is 44.8 Å². The standard InChI is InChI=1S/C18H16O4/c1-11-8-14(21-3)10-15-17(11)18(19)16(22-15)9-12-4-6-13(20-2)7-5-12/h4-10H,1-3H3/b16-9-. The minimum absolute atomic E-state index is 0.106. The van der Waals surface area contributed by atoms with Crippen molar-refractivity contribution < 1.29 is 19.0 Å². The number of hydrogen-bond acceptors (Lipinski definition) is 4. The Morgan fingerprint density at radius 3 is 2.32 bits per heavy atom. The third kappa shape index (κ3) is 2.44. The average molecular weight is 296 g/mol. The summed E-state index contributed by atoms with van der Waals surface area (Å²) in [7, 11) is 3.20. The van der Waals surface area contributed by atoms with E-state index in [1.807, 2.05) is 37.3 Å². The SMILES string of the molecule is COc1ccc(/C=C2\Oc3cc(OC)cc(C)c3C2=O)cc1. The van der Waals surface area contributed by atoms with Gasteiger partial charge in [-0.25, -0.2) is 0 Å². The van der Waals surface area contributed by atoms with Gasteiger partial charge in [0.2, 0.25) is 5.78 Å². The van der Waals surface area contributed by atoms with Crippen LogP contribution in [0.25, 0.3) is 6.08 Å². The fraction of sp³-hybridized carbons (Fsp3) is 0.167. The smallest absolute Gasteiger partial charge is 0.232 e. The summed E-state index contributed by atoms with van der Waals surface area (Å²) >= 11 is 0. The Labute approximate surface area is 128 Å². The van der Waals surface area contributed by atoms with Crippen LogP contribution in [0.3, 0.4) is 0 Å². The zero-order chi connectivity index (χ0) is 15.7. The van der Waals surface area contributed by atoms with Crippen molar-refractivity contribution in [3.8, 4) is 17.2 Å². The molecule has 0 spiro atoms. The molecule has 0 N–H and O–H groups in total. The molecule has 0 radical (unpaired) electrons. The van der Waals surface area contributed by atoms with E-state index in [2.05, 4.69) is 0 Å². The molecule has 2 aromatic carbocycles. The largest absolute Gasteiger partial charge is 0.497 e. The second kappa shape index (κ2) is 5.56. The first kappa shape index (κ1) is 14.2. The number of Topliss-reactive ketones (excluding diaryl/α,β-unsaturated/α-hetero) is 1. The van der Waals surface area contributed by atoms with Crippen LogP contribution in [0.2, 0.25) is 0 Å². The van der Waals surface area contributed by atoms with Crippen LogP contribution >= 0.6 is 0 Å². The van der Waals surface area contributed by atoms with Crippen molar-refractivity contribution in [3.63, 3.8) is 0 Å². The highest BCUT2D eigenvalue weighted by Crippen LogP contribution is 2.37. The number of carbonyl (C=O) groups excluding carboxylic acids is 1. The molecule has 0 bridgehead atoms. The molecule has 0 amide bonds. The van der Waals surface area contributed by atoms with Gasteiger partial charge in [-0.15, -0.1) is 0 Å². The Kier molecular flexibility index (Phi) is 3.59. The molecule has 112 valence electrons. The maximum absolute atomic E-state index is 12.5. The van der Waals surface area contributed by atoms with Gasteiger partial charge in [-0.3, -0.25) is 4.79 Å². The van der Waals surface area contributed by atoms with Gasteiger partial charge in [-0.1, -0.05) is 12.1 Å². The fourth-order valence-corrected chi connectivity index (χ4v) is 2.45. The molecule has 0 fully saturated rings. The van der Waals surface area contributed by atoms with Crippen LogP contribution in [0.15, 0.2) is 42.2 Å². The highest BCUT2D eigenvalue weighted by Gasteiger charge is 2.29. The molecule has 0 atom stereocenters. The van der Waals surface area contributed by atoms with Crippen molar-refractivity contribution in [1.82, 2.24) is 0 Å². The van der Waals surface area contributed by atoms with Crippen molar-refractivity contribution in [2.45, 2.75) is 6.92 Å². The average Bonchev–Trinajstić information content (AvgIpc) is 2.84. The van der Waals surface area contributed by atoms with Gasteiger partial charge >= 0.3 is 0 Å². The lowest BCUT2D eigenvalue weighted by molar-refractivity contribution is 0.101. The van der Waals surface area contributed by atoms with Gasteiger partial charge in [0.25, 0.3) is 0 Å². The zero-order valence-corrected chi connectivity index (χ0v) is 12.7. The van der Waals surface area contributed by atoms with E-state index in [-0.39, 0.29) is 5.78 Å². The summed E-state index contributed by atoms with van der Waals surface area (Å²) in [6.07, 6.45) is 1.73. The lowest BCUT2D eigenvalue weighted by Crippen LogP contribution is -1.99. The predicted molar refractivity (Wildman–Crippen MR) is 83.7 cm³/mol. The Balaban J connectivity index is 1.95. The first-order chi connectivity index (χ1) is 10.6. The van der Waals surface area contributed by atoms with Gasteiger partial charge in [0, 0.05) is 6.07 Å². The monoisotopic (exact) mass is 296 g/mol. The van der Waals surface area contributed by atoms with E-state index in [0.717, 1.165) is 16.9 Å². The highest BCUT2D eigenvalue weighted by molar-refractivity contribution is 6.15. The van der Waals surface area contributed by atoms with E-state index >= 15 is 0 Å². The molecule has 2 aromatic rings. The zero-order valence-electron chi connectivity index (χ0n) is 12.7. The number of methoxy groups -OCH3 is 2. The molecular formula is C18H16O4. The van der Waals surface area contributed by atoms with Crippen LogP contribution in [0.5, 0.6) is 17.2 Å². The molecule has 4 nitrogen and oxygen atoms in total. The highest BCUT2D eigenvalue weighted by atomic mass is 16.5. The summed E-state index contributed by atoms with van der Waals surface area (Å²) < 4.78 is 16.0. The van der Waals surface area contributed by atoms with Crippen molar-refractivity contribution in [1.29, 1.82) is 0 Å². The second-order valence-electron chi connectivity index (χ2n) is 5.03. The maximum Gasteiger partial charge on any atom is 0.232 e. The number of aryl methyl sites for hydroxylation is 1. The number of allylic oxidation sites excluding steroid dienone is 1. The Hall–Kier alpha value is -2.75. The molecule has 0 saturated carbocycles. The van der Waals surface area contributed by atoms with E-state index < -0.39 is 0 Å². The Bertz CT molecular complexity index is 757. The van der Waals surface area contributed by atoms with E-state index in [1.54, 1.807) is 26.4 Å². The molecule has 1 heterocycles. The van der Waals surface area contributed by atoms with Gasteiger partial charge in [0.05, 0.1) is 19.8 Å². The molecule has 4 heteroatoms. The van der Waals surface area contributed by atoms with E-state index in [0.29, 0.717) is 22.8 Å². The van der Waals surface area contributed by atoms with E-state index in [1.165, 1.54) is 0 Å². The van der Waals surface area contributed by atoms with Gasteiger partial charge in [-0.05, 0) is 42.3 Å². The first-order valence-corrected chi connectivity index (χ1v) is 6.89. The summed E-state index contributed by atoms with van der Waals surface area (Å²) in [5, 5.41) is 0. The number of ether oxygens (including phenoxy) is 3. The molecule has 1 aliphatic heterocycles. The molecule has 0 saturated heterocycles. The summed E-state index contributed by atoms with van der Waals surface area (Å²) in [5.74, 6) is 2.20. The van der Waals surface area contributed by atoms with Gasteiger partial charge in [0.1, 0.15) is 17.2 Å². The number of carbonyl (C=O) groups is 1. The van der Waals surface area contributed by atoms with Crippen LogP contribution in [0.4, 0.5) is 0 Å². The van der Waals surface area contributed by atoms with Crippen LogP contribution in [-0.4, -0.2) is 20.0 Å². The maximum atomic E-state index is 12.5. The Morgan fingerprint density at radius 1 is 1.00 bits per heavy atom. The third-order valence-electron chi connectivity index (χ3n) is 3.59. The summed E-state index contributed by atoms with van der Waals surface area (Å²) in [5.41, 5.74) is 2.32. The van der Waals surface area contributed by atoms with E-state index in [4.69, 9.17) is 14.2 Å². The second-order valence-corrected chi connectivity index (χ2v) is 5.03. The number of hydrogen-bond donors (Lipinski definition) is 0. The quantitative estimate of drug-likeness (QED) is 0.811. The van der Waals surface area contributed by atoms with Crippen LogP contribution < -0.4 is 14.2 Å². The van der Waals surface area contributed by atoms with Crippen LogP contribution in [0, 0.1) is 6.92 Å².